The van der Waals surface area contributed by atoms with Gasteiger partial charge in [0.05, 0.1) is 23.9 Å². The molecule has 0 spiro atoms. The Morgan fingerprint density at radius 2 is 1.76 bits per heavy atom. The van der Waals surface area contributed by atoms with Gasteiger partial charge in [-0.2, -0.15) is 0 Å². The fraction of sp³-hybridized carbons (Fsp3) is 0.100. The largest absolute Gasteiger partial charge is 0.496 e. The summed E-state index contributed by atoms with van der Waals surface area (Å²) in [6.07, 6.45) is 1.27. The third kappa shape index (κ3) is 4.99. The summed E-state index contributed by atoms with van der Waals surface area (Å²) >= 11 is 6.06. The molecule has 3 N–H and O–H groups in total. The molecule has 29 heavy (non-hydrogen) atoms. The van der Waals surface area contributed by atoms with E-state index in [9.17, 15) is 9.59 Å². The zero-order valence-corrected chi connectivity index (χ0v) is 16.4. The van der Waals surface area contributed by atoms with E-state index in [4.69, 9.17) is 16.3 Å². The number of anilines is 2. The van der Waals surface area contributed by atoms with Crippen molar-refractivity contribution in [2.24, 2.45) is 0 Å². The Hall–Kier alpha value is -3.65. The highest BCUT2D eigenvalue weighted by atomic mass is 35.5. The maximum Gasteiger partial charge on any atom is 0.276 e. The standard InChI is InChI=1S/C20H18ClN5O3/c1-12-7-9-13(10-8-12)23-19(28)17-15(21)11-22-20(24-17)26-25-18(27)14-5-3-4-6-16(14)29-2/h3-11H,1-2H3,(H,23,28)(H,25,27)(H,22,24,26). The molecule has 0 aliphatic heterocycles. The lowest BCUT2D eigenvalue weighted by molar-refractivity contribution is 0.0958. The number of carbonyl (C=O) groups is 2. The second kappa shape index (κ2) is 9.03. The highest BCUT2D eigenvalue weighted by Gasteiger charge is 2.16. The van der Waals surface area contributed by atoms with Gasteiger partial charge in [-0.25, -0.2) is 9.97 Å². The van der Waals surface area contributed by atoms with Crippen molar-refractivity contribution in [3.8, 4) is 5.75 Å². The number of methoxy groups -OCH3 is 1. The molecule has 0 radical (unpaired) electrons. The molecule has 2 amide bonds. The van der Waals surface area contributed by atoms with Crippen molar-refractivity contribution in [1.82, 2.24) is 15.4 Å². The molecule has 0 saturated heterocycles. The molecule has 148 valence electrons. The van der Waals surface area contributed by atoms with Crippen LogP contribution in [0.1, 0.15) is 26.4 Å². The van der Waals surface area contributed by atoms with Crippen LogP contribution >= 0.6 is 11.6 Å². The highest BCUT2D eigenvalue weighted by Crippen LogP contribution is 2.18. The van der Waals surface area contributed by atoms with Crippen molar-refractivity contribution < 1.29 is 14.3 Å². The Kier molecular flexibility index (Phi) is 6.25. The lowest BCUT2D eigenvalue weighted by Gasteiger charge is -2.11. The number of hydrogen-bond acceptors (Lipinski definition) is 6. The van der Waals surface area contributed by atoms with Gasteiger partial charge >= 0.3 is 0 Å². The van der Waals surface area contributed by atoms with Crippen LogP contribution in [0.5, 0.6) is 5.75 Å². The summed E-state index contributed by atoms with van der Waals surface area (Å²) in [6, 6.07) is 14.0. The number of benzene rings is 2. The van der Waals surface area contributed by atoms with Gasteiger partial charge in [-0.05, 0) is 31.2 Å². The van der Waals surface area contributed by atoms with Gasteiger partial charge in [0, 0.05) is 5.69 Å². The Labute approximate surface area is 172 Å². The van der Waals surface area contributed by atoms with Gasteiger partial charge < -0.3 is 10.1 Å². The normalized spacial score (nSPS) is 10.2. The first kappa shape index (κ1) is 20.1. The summed E-state index contributed by atoms with van der Waals surface area (Å²) in [4.78, 5) is 32.9. The van der Waals surface area contributed by atoms with E-state index >= 15 is 0 Å². The van der Waals surface area contributed by atoms with E-state index in [0.29, 0.717) is 17.0 Å². The van der Waals surface area contributed by atoms with Crippen molar-refractivity contribution in [2.75, 3.05) is 17.9 Å². The molecule has 0 atom stereocenters. The molecular formula is C20H18ClN5O3. The lowest BCUT2D eigenvalue weighted by Crippen LogP contribution is -2.31. The third-order valence-electron chi connectivity index (χ3n) is 3.91. The summed E-state index contributed by atoms with van der Waals surface area (Å²) in [5.41, 5.74) is 7.01. The number of aryl methyl sites for hydroxylation is 1. The summed E-state index contributed by atoms with van der Waals surface area (Å²) < 4.78 is 5.16. The molecule has 0 saturated carbocycles. The van der Waals surface area contributed by atoms with Crippen molar-refractivity contribution in [2.45, 2.75) is 6.92 Å². The zero-order valence-electron chi connectivity index (χ0n) is 15.7. The second-order valence-electron chi connectivity index (χ2n) is 5.99. The molecule has 1 heterocycles. The molecule has 9 heteroatoms. The van der Waals surface area contributed by atoms with Crippen LogP contribution in [-0.4, -0.2) is 28.9 Å². The smallest absolute Gasteiger partial charge is 0.276 e. The molecule has 1 aromatic heterocycles. The average molecular weight is 412 g/mol. The van der Waals surface area contributed by atoms with Crippen LogP contribution in [0.4, 0.5) is 11.6 Å². The Balaban J connectivity index is 1.70. The summed E-state index contributed by atoms with van der Waals surface area (Å²) in [7, 11) is 1.47. The van der Waals surface area contributed by atoms with Gasteiger partial charge in [0.25, 0.3) is 11.8 Å². The number of aromatic nitrogens is 2. The fourth-order valence-electron chi connectivity index (χ4n) is 2.43. The molecule has 0 aliphatic rings. The molecule has 3 aromatic rings. The van der Waals surface area contributed by atoms with Gasteiger partial charge in [0.15, 0.2) is 5.69 Å². The quantitative estimate of drug-likeness (QED) is 0.536. The Morgan fingerprint density at radius 3 is 2.48 bits per heavy atom. The van der Waals surface area contributed by atoms with E-state index in [1.54, 1.807) is 36.4 Å². The van der Waals surface area contributed by atoms with Crippen LogP contribution in [0, 0.1) is 6.92 Å². The second-order valence-corrected chi connectivity index (χ2v) is 6.40. The average Bonchev–Trinajstić information content (AvgIpc) is 2.74. The predicted octanol–water partition coefficient (Wildman–Crippen LogP) is 3.46. The monoisotopic (exact) mass is 411 g/mol. The predicted molar refractivity (Wildman–Crippen MR) is 110 cm³/mol. The number of carbonyl (C=O) groups excluding carboxylic acids is 2. The molecule has 2 aromatic carbocycles. The van der Waals surface area contributed by atoms with Gasteiger partial charge in [-0.1, -0.05) is 41.4 Å². The van der Waals surface area contributed by atoms with E-state index in [2.05, 4.69) is 26.1 Å². The number of para-hydroxylation sites is 1. The van der Waals surface area contributed by atoms with Crippen LogP contribution in [0.15, 0.2) is 54.7 Å². The van der Waals surface area contributed by atoms with E-state index in [1.165, 1.54) is 13.3 Å². The van der Waals surface area contributed by atoms with Gasteiger partial charge in [0.2, 0.25) is 5.95 Å². The van der Waals surface area contributed by atoms with Crippen LogP contribution in [0.3, 0.4) is 0 Å². The number of ether oxygens (including phenoxy) is 1. The summed E-state index contributed by atoms with van der Waals surface area (Å²) in [6.45, 7) is 1.95. The molecule has 8 nitrogen and oxygen atoms in total. The Morgan fingerprint density at radius 1 is 1.03 bits per heavy atom. The van der Waals surface area contributed by atoms with E-state index in [1.807, 2.05) is 19.1 Å². The van der Waals surface area contributed by atoms with E-state index < -0.39 is 11.8 Å². The van der Waals surface area contributed by atoms with Crippen LogP contribution in [0.25, 0.3) is 0 Å². The van der Waals surface area contributed by atoms with Crippen LogP contribution in [0.2, 0.25) is 5.02 Å². The SMILES string of the molecule is COc1ccccc1C(=O)NNc1ncc(Cl)c(C(=O)Nc2ccc(C)cc2)n1. The first-order valence-electron chi connectivity index (χ1n) is 8.58. The minimum absolute atomic E-state index is 0.00621. The van der Waals surface area contributed by atoms with E-state index in [0.717, 1.165) is 5.56 Å². The van der Waals surface area contributed by atoms with Crippen molar-refractivity contribution >= 4 is 35.1 Å². The molecular weight excluding hydrogens is 394 g/mol. The minimum atomic E-state index is -0.500. The van der Waals surface area contributed by atoms with Crippen molar-refractivity contribution in [3.63, 3.8) is 0 Å². The first-order valence-corrected chi connectivity index (χ1v) is 8.95. The van der Waals surface area contributed by atoms with E-state index in [-0.39, 0.29) is 16.7 Å². The maximum atomic E-state index is 12.5. The molecule has 0 fully saturated rings. The number of nitrogens with zero attached hydrogens (tertiary/aromatic N) is 2. The molecule has 0 unspecified atom stereocenters. The van der Waals surface area contributed by atoms with Crippen LogP contribution < -0.4 is 20.9 Å². The Bertz CT molecular complexity index is 1040. The van der Waals surface area contributed by atoms with Gasteiger partial charge in [-0.15, -0.1) is 0 Å². The van der Waals surface area contributed by atoms with Gasteiger partial charge in [-0.3, -0.25) is 20.4 Å². The number of hydrazine groups is 1. The molecule has 0 bridgehead atoms. The number of amides is 2. The van der Waals surface area contributed by atoms with Crippen molar-refractivity contribution in [3.05, 3.63) is 76.6 Å². The molecule has 0 aliphatic carbocycles. The fourth-order valence-corrected chi connectivity index (χ4v) is 2.60. The molecule has 3 rings (SSSR count). The van der Waals surface area contributed by atoms with Crippen molar-refractivity contribution in [1.29, 1.82) is 0 Å². The first-order chi connectivity index (χ1) is 14.0. The lowest BCUT2D eigenvalue weighted by atomic mass is 10.2. The van der Waals surface area contributed by atoms with Gasteiger partial charge in [0.1, 0.15) is 5.75 Å². The van der Waals surface area contributed by atoms with Crippen LogP contribution in [-0.2, 0) is 0 Å². The number of halogens is 1. The maximum absolute atomic E-state index is 12.5. The summed E-state index contributed by atoms with van der Waals surface area (Å²) in [5, 5.41) is 2.79. The zero-order chi connectivity index (χ0) is 20.8. The summed E-state index contributed by atoms with van der Waals surface area (Å²) in [5.74, 6) is -0.527. The number of rotatable bonds is 6. The minimum Gasteiger partial charge on any atom is -0.496 e. The third-order valence-corrected chi connectivity index (χ3v) is 4.18. The highest BCUT2D eigenvalue weighted by molar-refractivity contribution is 6.34. The number of hydrogen-bond donors (Lipinski definition) is 3. The number of nitrogens with one attached hydrogen (secondary N) is 3. The topological polar surface area (TPSA) is 105 Å².